The highest BCUT2D eigenvalue weighted by Crippen LogP contribution is 2.25. The molecule has 1 heterocycles. The van der Waals surface area contributed by atoms with Crippen LogP contribution in [0.5, 0.6) is 0 Å². The van der Waals surface area contributed by atoms with Gasteiger partial charge in [-0.25, -0.2) is 17.2 Å². The van der Waals surface area contributed by atoms with Gasteiger partial charge in [0, 0.05) is 37.4 Å². The van der Waals surface area contributed by atoms with Crippen LogP contribution < -0.4 is 5.32 Å². The lowest BCUT2D eigenvalue weighted by Crippen LogP contribution is -2.47. The smallest absolute Gasteiger partial charge is 0.255 e. The van der Waals surface area contributed by atoms with E-state index >= 15 is 0 Å². The van der Waals surface area contributed by atoms with Crippen LogP contribution in [0.2, 0.25) is 5.02 Å². The Morgan fingerprint density at radius 2 is 1.90 bits per heavy atom. The van der Waals surface area contributed by atoms with Gasteiger partial charge in [0.15, 0.2) is 0 Å². The number of ether oxygens (including phenoxy) is 1. The summed E-state index contributed by atoms with van der Waals surface area (Å²) in [7, 11) is -4.38. The molecule has 168 valence electrons. The standard InChI is InChI=1S/C20H21ClF2N2O5S/c1-20(27)6-8-30-9-7-25(12-20)31(28,29)18-10-13(2-4-17(18)23)19(26)24-14-3-5-16(22)15(21)11-14/h2-5,10-11,27H,6-9,12H2,1H3,(H,24,26). The first kappa shape index (κ1) is 23.6. The monoisotopic (exact) mass is 474 g/mol. The Morgan fingerprint density at radius 3 is 2.61 bits per heavy atom. The number of anilines is 1. The third-order valence-electron chi connectivity index (χ3n) is 4.78. The molecular formula is C20H21ClF2N2O5S. The van der Waals surface area contributed by atoms with Crippen molar-refractivity contribution in [1.29, 1.82) is 0 Å². The van der Waals surface area contributed by atoms with Gasteiger partial charge in [0.2, 0.25) is 10.0 Å². The van der Waals surface area contributed by atoms with Crippen molar-refractivity contribution in [3.8, 4) is 0 Å². The zero-order chi connectivity index (χ0) is 22.8. The maximum atomic E-state index is 14.5. The number of hydrogen-bond acceptors (Lipinski definition) is 5. The normalized spacial score (nSPS) is 20.7. The Labute approximate surface area is 183 Å². The molecular weight excluding hydrogens is 454 g/mol. The molecule has 0 radical (unpaired) electrons. The first-order valence-corrected chi connectivity index (χ1v) is 11.2. The fourth-order valence-electron chi connectivity index (χ4n) is 3.06. The van der Waals surface area contributed by atoms with E-state index in [-0.39, 0.29) is 49.0 Å². The highest BCUT2D eigenvalue weighted by Gasteiger charge is 2.35. The topological polar surface area (TPSA) is 95.9 Å². The SMILES string of the molecule is CC1(O)CCOCCN(S(=O)(=O)c2cc(C(=O)Nc3ccc(F)c(Cl)c3)ccc2F)C1. The molecule has 0 saturated carbocycles. The van der Waals surface area contributed by atoms with E-state index in [1.54, 1.807) is 0 Å². The van der Waals surface area contributed by atoms with E-state index in [4.69, 9.17) is 16.3 Å². The summed E-state index contributed by atoms with van der Waals surface area (Å²) in [5.41, 5.74) is -1.31. The molecule has 1 fully saturated rings. The van der Waals surface area contributed by atoms with E-state index in [0.29, 0.717) is 0 Å². The van der Waals surface area contributed by atoms with Crippen LogP contribution in [0.25, 0.3) is 0 Å². The quantitative estimate of drug-likeness (QED) is 0.710. The zero-order valence-corrected chi connectivity index (χ0v) is 18.1. The summed E-state index contributed by atoms with van der Waals surface area (Å²) >= 11 is 5.69. The molecule has 1 aliphatic rings. The molecule has 7 nitrogen and oxygen atoms in total. The van der Waals surface area contributed by atoms with E-state index in [1.807, 2.05) is 0 Å². The number of carbonyl (C=O) groups is 1. The van der Waals surface area contributed by atoms with Crippen molar-refractivity contribution in [2.45, 2.75) is 23.8 Å². The van der Waals surface area contributed by atoms with Crippen molar-refractivity contribution in [3.63, 3.8) is 0 Å². The van der Waals surface area contributed by atoms with Crippen molar-refractivity contribution in [2.75, 3.05) is 31.6 Å². The summed E-state index contributed by atoms with van der Waals surface area (Å²) in [5.74, 6) is -2.44. The van der Waals surface area contributed by atoms with E-state index in [0.717, 1.165) is 28.6 Å². The molecule has 31 heavy (non-hydrogen) atoms. The van der Waals surface area contributed by atoms with Crippen LogP contribution in [0.4, 0.5) is 14.5 Å². The minimum absolute atomic E-state index is 0.0809. The molecule has 3 rings (SSSR count). The third-order valence-corrected chi connectivity index (χ3v) is 6.93. The Hall–Kier alpha value is -2.11. The summed E-state index contributed by atoms with van der Waals surface area (Å²) in [4.78, 5) is 11.8. The van der Waals surface area contributed by atoms with Crippen LogP contribution in [0.3, 0.4) is 0 Å². The number of nitrogens with zero attached hydrogens (tertiary/aromatic N) is 1. The minimum Gasteiger partial charge on any atom is -0.389 e. The lowest BCUT2D eigenvalue weighted by atomic mass is 10.0. The van der Waals surface area contributed by atoms with Crippen LogP contribution in [0.15, 0.2) is 41.3 Å². The number of carbonyl (C=O) groups excluding carboxylic acids is 1. The van der Waals surface area contributed by atoms with Crippen molar-refractivity contribution in [2.24, 2.45) is 0 Å². The summed E-state index contributed by atoms with van der Waals surface area (Å²) in [6.07, 6.45) is 0.212. The van der Waals surface area contributed by atoms with Gasteiger partial charge in [-0.3, -0.25) is 4.79 Å². The molecule has 0 aromatic heterocycles. The third kappa shape index (κ3) is 5.58. The van der Waals surface area contributed by atoms with Crippen molar-refractivity contribution >= 4 is 33.2 Å². The van der Waals surface area contributed by atoms with E-state index in [2.05, 4.69) is 5.32 Å². The van der Waals surface area contributed by atoms with Crippen molar-refractivity contribution in [3.05, 3.63) is 58.6 Å². The van der Waals surface area contributed by atoms with Crippen LogP contribution in [0.1, 0.15) is 23.7 Å². The largest absolute Gasteiger partial charge is 0.389 e. The maximum Gasteiger partial charge on any atom is 0.255 e. The van der Waals surface area contributed by atoms with Crippen molar-refractivity contribution in [1.82, 2.24) is 4.31 Å². The second-order valence-corrected chi connectivity index (χ2v) is 9.74. The van der Waals surface area contributed by atoms with Crippen LogP contribution in [-0.4, -0.2) is 55.6 Å². The minimum atomic E-state index is -4.38. The van der Waals surface area contributed by atoms with Crippen LogP contribution in [0, 0.1) is 11.6 Å². The van der Waals surface area contributed by atoms with Gasteiger partial charge in [0.05, 0.1) is 17.2 Å². The van der Waals surface area contributed by atoms with Crippen LogP contribution in [-0.2, 0) is 14.8 Å². The van der Waals surface area contributed by atoms with E-state index in [9.17, 15) is 27.1 Å². The number of aliphatic hydroxyl groups is 1. The van der Waals surface area contributed by atoms with E-state index < -0.39 is 38.1 Å². The molecule has 11 heteroatoms. The van der Waals surface area contributed by atoms with Gasteiger partial charge in [-0.2, -0.15) is 4.31 Å². The molecule has 1 aliphatic heterocycles. The molecule has 2 aromatic carbocycles. The molecule has 0 bridgehead atoms. The Balaban J connectivity index is 1.90. The maximum absolute atomic E-state index is 14.5. The molecule has 1 unspecified atom stereocenters. The number of amides is 1. The number of rotatable bonds is 4. The van der Waals surface area contributed by atoms with Gasteiger partial charge >= 0.3 is 0 Å². The molecule has 0 aliphatic carbocycles. The summed E-state index contributed by atoms with van der Waals surface area (Å²) < 4.78 is 60.2. The number of hydrogen-bond donors (Lipinski definition) is 2. The average Bonchev–Trinajstić information content (AvgIpc) is 2.68. The first-order chi connectivity index (χ1) is 14.5. The fourth-order valence-corrected chi connectivity index (χ4v) is 4.87. The Kier molecular flexibility index (Phi) is 6.97. The summed E-state index contributed by atoms with van der Waals surface area (Å²) in [6, 6.07) is 6.45. The van der Waals surface area contributed by atoms with Gasteiger partial charge in [-0.05, 0) is 43.3 Å². The molecule has 2 N–H and O–H groups in total. The van der Waals surface area contributed by atoms with Crippen molar-refractivity contribution < 1.29 is 31.8 Å². The highest BCUT2D eigenvalue weighted by atomic mass is 35.5. The van der Waals surface area contributed by atoms with Crippen LogP contribution >= 0.6 is 11.6 Å². The van der Waals surface area contributed by atoms with Gasteiger partial charge in [0.25, 0.3) is 5.91 Å². The summed E-state index contributed by atoms with van der Waals surface area (Å²) in [6.45, 7) is 1.50. The second kappa shape index (κ2) is 9.17. The Bertz CT molecular complexity index is 1090. The number of sulfonamides is 1. The summed E-state index contributed by atoms with van der Waals surface area (Å²) in [5, 5.41) is 12.6. The molecule has 1 saturated heterocycles. The molecule has 2 aromatic rings. The number of β-amino-alcohol motifs (C(OH)–C–C–N with tert-alkyl or cyclic N) is 1. The van der Waals surface area contributed by atoms with E-state index in [1.165, 1.54) is 19.1 Å². The van der Waals surface area contributed by atoms with Gasteiger partial charge in [-0.1, -0.05) is 11.6 Å². The lowest BCUT2D eigenvalue weighted by Gasteiger charge is -2.33. The number of benzene rings is 2. The zero-order valence-electron chi connectivity index (χ0n) is 16.6. The number of halogens is 3. The van der Waals surface area contributed by atoms with Gasteiger partial charge in [0.1, 0.15) is 16.5 Å². The predicted molar refractivity (Wildman–Crippen MR) is 111 cm³/mol. The van der Waals surface area contributed by atoms with Gasteiger partial charge < -0.3 is 15.2 Å². The fraction of sp³-hybridized carbons (Fsp3) is 0.350. The average molecular weight is 475 g/mol. The molecule has 1 atom stereocenters. The molecule has 0 spiro atoms. The Morgan fingerprint density at radius 1 is 1.19 bits per heavy atom. The van der Waals surface area contributed by atoms with Gasteiger partial charge in [-0.15, -0.1) is 0 Å². The second-order valence-electron chi connectivity index (χ2n) is 7.43. The number of nitrogens with one attached hydrogen (secondary N) is 1. The molecule has 1 amide bonds. The lowest BCUT2D eigenvalue weighted by molar-refractivity contribution is -0.0199. The first-order valence-electron chi connectivity index (χ1n) is 9.36. The highest BCUT2D eigenvalue weighted by molar-refractivity contribution is 7.89. The predicted octanol–water partition coefficient (Wildman–Crippen LogP) is 3.03.